The molecule has 26 heavy (non-hydrogen) atoms. The number of aliphatic hydroxyl groups excluding tert-OH is 1. The van der Waals surface area contributed by atoms with Crippen LogP contribution in [-0.4, -0.2) is 42.4 Å². The molecule has 2 aliphatic rings. The van der Waals surface area contributed by atoms with Gasteiger partial charge in [0.25, 0.3) is 0 Å². The predicted molar refractivity (Wildman–Crippen MR) is 93.9 cm³/mol. The van der Waals surface area contributed by atoms with E-state index in [0.29, 0.717) is 13.2 Å². The molecule has 0 radical (unpaired) electrons. The van der Waals surface area contributed by atoms with Gasteiger partial charge in [-0.25, -0.2) is 0 Å². The molecule has 3 N–H and O–H groups in total. The fourth-order valence-corrected chi connectivity index (χ4v) is 3.29. The van der Waals surface area contributed by atoms with E-state index in [9.17, 15) is 5.11 Å². The van der Waals surface area contributed by atoms with Crippen molar-refractivity contribution < 1.29 is 24.1 Å². The zero-order valence-corrected chi connectivity index (χ0v) is 14.3. The summed E-state index contributed by atoms with van der Waals surface area (Å²) in [5.41, 5.74) is 8.07. The molecule has 0 bridgehead atoms. The Labute approximate surface area is 152 Å². The third kappa shape index (κ3) is 3.66. The second-order valence-corrected chi connectivity index (χ2v) is 6.58. The van der Waals surface area contributed by atoms with Crippen molar-refractivity contribution in [3.63, 3.8) is 0 Å². The van der Waals surface area contributed by atoms with Crippen molar-refractivity contribution in [1.29, 1.82) is 0 Å². The average Bonchev–Trinajstić information content (AvgIpc) is 2.71. The number of hydrogen-bond acceptors (Lipinski definition) is 6. The van der Waals surface area contributed by atoms with Gasteiger partial charge in [-0.1, -0.05) is 60.7 Å². The molecule has 4 rings (SSSR count). The van der Waals surface area contributed by atoms with Gasteiger partial charge >= 0.3 is 0 Å². The van der Waals surface area contributed by atoms with Crippen LogP contribution in [0.25, 0.3) is 0 Å². The standard InChI is InChI=1S/C20H23NO5/c21-16-17(22)18-15(12-24-19(26-18)14-9-5-2-6-10-14)25-20(16)23-11-13-7-3-1-4-8-13/h1-10,15-20,22H,11-12,21H2/t15-,16-,17-,18-,19-,20-/m0/s1. The Bertz CT molecular complexity index is 696. The molecule has 0 saturated carbocycles. The molecule has 0 aromatic heterocycles. The van der Waals surface area contributed by atoms with Crippen LogP contribution in [0, 0.1) is 0 Å². The summed E-state index contributed by atoms with van der Waals surface area (Å²) >= 11 is 0. The normalized spacial score (nSPS) is 34.2. The minimum atomic E-state index is -0.898. The number of aliphatic hydroxyl groups is 1. The Balaban J connectivity index is 1.40. The Morgan fingerprint density at radius 2 is 1.69 bits per heavy atom. The van der Waals surface area contributed by atoms with Gasteiger partial charge in [-0.3, -0.25) is 0 Å². The summed E-state index contributed by atoms with van der Waals surface area (Å²) in [5.74, 6) is 0. The molecule has 6 heteroatoms. The maximum Gasteiger partial charge on any atom is 0.184 e. The monoisotopic (exact) mass is 357 g/mol. The van der Waals surface area contributed by atoms with Crippen molar-refractivity contribution in [3.05, 3.63) is 71.8 Å². The third-order valence-corrected chi connectivity index (χ3v) is 4.74. The molecule has 2 aromatic rings. The van der Waals surface area contributed by atoms with Crippen molar-refractivity contribution in [2.45, 2.75) is 43.5 Å². The van der Waals surface area contributed by atoms with Crippen molar-refractivity contribution in [3.8, 4) is 0 Å². The molecule has 0 unspecified atom stereocenters. The number of nitrogens with two attached hydrogens (primary N) is 1. The Hall–Kier alpha value is -1.80. The first-order valence-corrected chi connectivity index (χ1v) is 8.79. The molecule has 2 saturated heterocycles. The number of benzene rings is 2. The first kappa shape index (κ1) is 17.6. The quantitative estimate of drug-likeness (QED) is 0.867. The summed E-state index contributed by atoms with van der Waals surface area (Å²) < 4.78 is 23.4. The van der Waals surface area contributed by atoms with E-state index in [1.807, 2.05) is 60.7 Å². The summed E-state index contributed by atoms with van der Waals surface area (Å²) in [7, 11) is 0. The van der Waals surface area contributed by atoms with Crippen molar-refractivity contribution in [2.24, 2.45) is 5.73 Å². The van der Waals surface area contributed by atoms with Gasteiger partial charge in [0.2, 0.25) is 0 Å². The molecule has 6 nitrogen and oxygen atoms in total. The van der Waals surface area contributed by atoms with Gasteiger partial charge in [0.05, 0.1) is 19.3 Å². The van der Waals surface area contributed by atoms with Crippen LogP contribution in [-0.2, 0) is 25.6 Å². The van der Waals surface area contributed by atoms with Crippen LogP contribution in [0.2, 0.25) is 0 Å². The van der Waals surface area contributed by atoms with E-state index in [1.54, 1.807) is 0 Å². The predicted octanol–water partition coefficient (Wildman–Crippen LogP) is 1.73. The highest BCUT2D eigenvalue weighted by atomic mass is 16.7. The Kier molecular flexibility index (Phi) is 5.31. The van der Waals surface area contributed by atoms with Gasteiger partial charge in [0, 0.05) is 5.56 Å². The van der Waals surface area contributed by atoms with Gasteiger partial charge in [-0.15, -0.1) is 0 Å². The highest BCUT2D eigenvalue weighted by Gasteiger charge is 2.48. The lowest BCUT2D eigenvalue weighted by molar-refractivity contribution is -0.343. The fourth-order valence-electron chi connectivity index (χ4n) is 3.29. The van der Waals surface area contributed by atoms with Crippen molar-refractivity contribution in [1.82, 2.24) is 0 Å². The fraction of sp³-hybridized carbons (Fsp3) is 0.400. The third-order valence-electron chi connectivity index (χ3n) is 4.74. The molecular formula is C20H23NO5. The molecular weight excluding hydrogens is 334 g/mol. The summed E-state index contributed by atoms with van der Waals surface area (Å²) in [6.45, 7) is 0.664. The van der Waals surface area contributed by atoms with Crippen molar-refractivity contribution >= 4 is 0 Å². The number of rotatable bonds is 4. The second-order valence-electron chi connectivity index (χ2n) is 6.58. The molecule has 0 aliphatic carbocycles. The van der Waals surface area contributed by atoms with E-state index in [4.69, 9.17) is 24.7 Å². The molecule has 2 fully saturated rings. The summed E-state index contributed by atoms with van der Waals surface area (Å²) in [4.78, 5) is 0. The van der Waals surface area contributed by atoms with Crippen LogP contribution in [0.1, 0.15) is 17.4 Å². The van der Waals surface area contributed by atoms with Gasteiger partial charge in [-0.05, 0) is 5.56 Å². The maximum absolute atomic E-state index is 10.6. The topological polar surface area (TPSA) is 83.2 Å². The number of fused-ring (bicyclic) bond motifs is 1. The molecule has 6 atom stereocenters. The Morgan fingerprint density at radius 3 is 2.42 bits per heavy atom. The molecule has 2 aliphatic heterocycles. The van der Waals surface area contributed by atoms with E-state index in [-0.39, 0.29) is 0 Å². The van der Waals surface area contributed by atoms with E-state index < -0.39 is 36.9 Å². The number of hydrogen-bond donors (Lipinski definition) is 2. The highest BCUT2D eigenvalue weighted by molar-refractivity contribution is 5.17. The van der Waals surface area contributed by atoms with Gasteiger partial charge in [0.1, 0.15) is 18.3 Å². The van der Waals surface area contributed by atoms with Gasteiger partial charge < -0.3 is 29.8 Å². The summed E-state index contributed by atoms with van der Waals surface area (Å²) in [5, 5.41) is 10.6. The van der Waals surface area contributed by atoms with E-state index >= 15 is 0 Å². The zero-order chi connectivity index (χ0) is 17.9. The molecule has 0 spiro atoms. The van der Waals surface area contributed by atoms with Crippen molar-refractivity contribution in [2.75, 3.05) is 6.61 Å². The smallest absolute Gasteiger partial charge is 0.184 e. The highest BCUT2D eigenvalue weighted by Crippen LogP contribution is 2.33. The minimum Gasteiger partial charge on any atom is -0.388 e. The average molecular weight is 357 g/mol. The van der Waals surface area contributed by atoms with Crippen LogP contribution >= 0.6 is 0 Å². The molecule has 0 amide bonds. The molecule has 2 aromatic carbocycles. The minimum absolute atomic E-state index is 0.305. The SMILES string of the molecule is N[C@@H]1[C@@H](OCc2ccccc2)O[C@H]2CO[C@H](c3ccccc3)O[C@@H]2[C@H]1O. The van der Waals surface area contributed by atoms with E-state index in [0.717, 1.165) is 11.1 Å². The van der Waals surface area contributed by atoms with Crippen LogP contribution < -0.4 is 5.73 Å². The lowest BCUT2D eigenvalue weighted by atomic mass is 9.96. The van der Waals surface area contributed by atoms with Crippen LogP contribution in [0.3, 0.4) is 0 Å². The first-order chi connectivity index (χ1) is 12.7. The first-order valence-electron chi connectivity index (χ1n) is 8.79. The molecule has 138 valence electrons. The lowest BCUT2D eigenvalue weighted by Gasteiger charge is -2.46. The van der Waals surface area contributed by atoms with Crippen LogP contribution in [0.4, 0.5) is 0 Å². The van der Waals surface area contributed by atoms with Crippen LogP contribution in [0.15, 0.2) is 60.7 Å². The summed E-state index contributed by atoms with van der Waals surface area (Å²) in [6, 6.07) is 18.7. The van der Waals surface area contributed by atoms with Gasteiger partial charge in [-0.2, -0.15) is 0 Å². The maximum atomic E-state index is 10.6. The zero-order valence-electron chi connectivity index (χ0n) is 14.3. The number of ether oxygens (including phenoxy) is 4. The van der Waals surface area contributed by atoms with Gasteiger partial charge in [0.15, 0.2) is 12.6 Å². The summed E-state index contributed by atoms with van der Waals surface area (Å²) in [6.07, 6.45) is -3.13. The van der Waals surface area contributed by atoms with E-state index in [1.165, 1.54) is 0 Å². The lowest BCUT2D eigenvalue weighted by Crippen LogP contribution is -2.64. The molecule has 2 heterocycles. The largest absolute Gasteiger partial charge is 0.388 e. The van der Waals surface area contributed by atoms with E-state index in [2.05, 4.69) is 0 Å². The van der Waals surface area contributed by atoms with Crippen LogP contribution in [0.5, 0.6) is 0 Å². The second kappa shape index (κ2) is 7.84. The Morgan fingerprint density at radius 1 is 1.00 bits per heavy atom.